The minimum atomic E-state index is 0.826. The van der Waals surface area contributed by atoms with Crippen LogP contribution in [-0.2, 0) is 18.7 Å². The Balaban J connectivity index is 2.80. The van der Waals surface area contributed by atoms with Crippen LogP contribution in [-0.4, -0.2) is 7.11 Å². The van der Waals surface area contributed by atoms with Crippen LogP contribution in [0.1, 0.15) is 0 Å². The van der Waals surface area contributed by atoms with E-state index in [0.717, 1.165) is 30.2 Å². The number of hydrogen-bond acceptors (Lipinski definition) is 2. The molecule has 0 atom stereocenters. The van der Waals surface area contributed by atoms with Gasteiger partial charge in [0, 0.05) is 0 Å². The molecule has 1 aromatic rings. The minimum absolute atomic E-state index is 0.826. The van der Waals surface area contributed by atoms with Gasteiger partial charge >= 0.3 is 69.8 Å². The maximum atomic E-state index is 5.08. The van der Waals surface area contributed by atoms with E-state index in [-0.39, 0.29) is 0 Å². The van der Waals surface area contributed by atoms with E-state index in [9.17, 15) is 0 Å². The second-order valence-corrected chi connectivity index (χ2v) is 2.43. The van der Waals surface area contributed by atoms with Crippen molar-refractivity contribution in [3.8, 4) is 11.5 Å². The zero-order valence-electron chi connectivity index (χ0n) is 5.83. The summed E-state index contributed by atoms with van der Waals surface area (Å²) in [6.45, 7) is 0. The van der Waals surface area contributed by atoms with Crippen LogP contribution in [0, 0.1) is 0 Å². The number of benzene rings is 1. The summed E-state index contributed by atoms with van der Waals surface area (Å²) in [5, 5.41) is 0. The van der Waals surface area contributed by atoms with Gasteiger partial charge in [-0.2, -0.15) is 0 Å². The number of hydrogen-bond donors (Lipinski definition) is 0. The molecule has 0 heterocycles. The van der Waals surface area contributed by atoms with E-state index in [1.54, 1.807) is 7.11 Å². The Morgan fingerprint density at radius 1 is 1.10 bits per heavy atom. The van der Waals surface area contributed by atoms with Gasteiger partial charge in [-0.05, 0) is 0 Å². The van der Waals surface area contributed by atoms with Crippen molar-refractivity contribution in [2.45, 2.75) is 0 Å². The normalized spacial score (nSPS) is 9.10. The maximum absolute atomic E-state index is 5.08. The van der Waals surface area contributed by atoms with Gasteiger partial charge in [0.25, 0.3) is 0 Å². The SMILES string of the molecule is COc1ccc([O][Zn])cc1. The van der Waals surface area contributed by atoms with Crippen molar-refractivity contribution in [2.75, 3.05) is 7.11 Å². The molecule has 0 aliphatic carbocycles. The van der Waals surface area contributed by atoms with Crippen molar-refractivity contribution in [3.05, 3.63) is 24.3 Å². The van der Waals surface area contributed by atoms with E-state index >= 15 is 0 Å². The monoisotopic (exact) mass is 187 g/mol. The van der Waals surface area contributed by atoms with Crippen LogP contribution in [0.5, 0.6) is 11.5 Å². The fraction of sp³-hybridized carbons (Fsp3) is 0.143. The first-order chi connectivity index (χ1) is 4.86. The quantitative estimate of drug-likeness (QED) is 0.656. The van der Waals surface area contributed by atoms with Gasteiger partial charge in [0.2, 0.25) is 0 Å². The Bertz CT molecular complexity index is 172. The molecule has 0 aliphatic heterocycles. The van der Waals surface area contributed by atoms with Gasteiger partial charge < -0.3 is 0 Å². The molecule has 0 spiro atoms. The summed E-state index contributed by atoms with van der Waals surface area (Å²) in [6.07, 6.45) is 0. The van der Waals surface area contributed by atoms with Crippen LogP contribution in [0.3, 0.4) is 0 Å². The Morgan fingerprint density at radius 2 is 1.60 bits per heavy atom. The third-order valence-corrected chi connectivity index (χ3v) is 1.93. The molecule has 0 bridgehead atoms. The zero-order chi connectivity index (χ0) is 7.40. The second kappa shape index (κ2) is 3.57. The molecule has 10 heavy (non-hydrogen) atoms. The van der Waals surface area contributed by atoms with Crippen LogP contribution in [0.25, 0.3) is 0 Å². The number of ether oxygens (including phenoxy) is 1. The van der Waals surface area contributed by atoms with Crippen LogP contribution in [0.15, 0.2) is 24.3 Å². The molecular formula is C7H7O2Zn. The average molecular weight is 189 g/mol. The Labute approximate surface area is 70.2 Å². The van der Waals surface area contributed by atoms with Crippen molar-refractivity contribution in [3.63, 3.8) is 0 Å². The van der Waals surface area contributed by atoms with Crippen LogP contribution in [0.2, 0.25) is 0 Å². The molecule has 2 nitrogen and oxygen atoms in total. The number of rotatable bonds is 2. The molecule has 0 aliphatic rings. The molecule has 0 unspecified atom stereocenters. The topological polar surface area (TPSA) is 18.5 Å². The van der Waals surface area contributed by atoms with Crippen molar-refractivity contribution >= 4 is 0 Å². The fourth-order valence-electron chi connectivity index (χ4n) is 0.672. The predicted molar refractivity (Wildman–Crippen MR) is 33.6 cm³/mol. The van der Waals surface area contributed by atoms with E-state index in [0.29, 0.717) is 0 Å². The van der Waals surface area contributed by atoms with E-state index < -0.39 is 0 Å². The molecule has 0 saturated heterocycles. The first-order valence-corrected chi connectivity index (χ1v) is 4.14. The summed E-state index contributed by atoms with van der Waals surface area (Å²) in [5.41, 5.74) is 0. The standard InChI is InChI=1S/C7H8O2.Zn/c1-9-7-4-2-6(8)3-5-7;/h2-5,8H,1H3;/q;+1/p-1. The molecule has 0 radical (unpaired) electrons. The third kappa shape index (κ3) is 1.71. The van der Waals surface area contributed by atoms with Crippen LogP contribution < -0.4 is 8.30 Å². The Morgan fingerprint density at radius 3 is 2.00 bits per heavy atom. The molecule has 0 aromatic heterocycles. The summed E-state index contributed by atoms with van der Waals surface area (Å²) in [4.78, 5) is 0. The van der Waals surface area contributed by atoms with Crippen molar-refractivity contribution in [1.29, 1.82) is 0 Å². The molecule has 1 aromatic carbocycles. The third-order valence-electron chi connectivity index (χ3n) is 1.23. The van der Waals surface area contributed by atoms with Crippen molar-refractivity contribution < 1.29 is 27.0 Å². The summed E-state index contributed by atoms with van der Waals surface area (Å²) < 4.78 is 10.1. The van der Waals surface area contributed by atoms with Gasteiger partial charge in [0.1, 0.15) is 0 Å². The van der Waals surface area contributed by atoms with E-state index in [1.165, 1.54) is 0 Å². The Kier molecular flexibility index (Phi) is 2.70. The predicted octanol–water partition coefficient (Wildman–Crippen LogP) is 1.54. The van der Waals surface area contributed by atoms with Crippen LogP contribution >= 0.6 is 0 Å². The molecule has 0 N–H and O–H groups in total. The Hall–Kier alpha value is -0.557. The number of methoxy groups -OCH3 is 1. The summed E-state index contributed by atoms with van der Waals surface area (Å²) in [5.74, 6) is 1.77. The van der Waals surface area contributed by atoms with E-state index in [4.69, 9.17) is 8.30 Å². The van der Waals surface area contributed by atoms with Crippen LogP contribution in [0.4, 0.5) is 0 Å². The molecule has 3 heteroatoms. The van der Waals surface area contributed by atoms with Gasteiger partial charge in [0.15, 0.2) is 0 Å². The van der Waals surface area contributed by atoms with E-state index in [1.807, 2.05) is 24.3 Å². The summed E-state index contributed by atoms with van der Waals surface area (Å²) in [6, 6.07) is 7.54. The van der Waals surface area contributed by atoms with Gasteiger partial charge in [-0.15, -0.1) is 0 Å². The van der Waals surface area contributed by atoms with Gasteiger partial charge in [-0.25, -0.2) is 0 Å². The van der Waals surface area contributed by atoms with Gasteiger partial charge in [-0.3, -0.25) is 0 Å². The fourth-order valence-corrected chi connectivity index (χ4v) is 1.08. The van der Waals surface area contributed by atoms with Crippen molar-refractivity contribution in [2.24, 2.45) is 0 Å². The summed E-state index contributed by atoms with van der Waals surface area (Å²) in [7, 11) is 1.65. The molecule has 1 rings (SSSR count). The molecule has 0 fully saturated rings. The molecule has 0 saturated carbocycles. The molecular weight excluding hydrogens is 181 g/mol. The van der Waals surface area contributed by atoms with Gasteiger partial charge in [0.05, 0.1) is 0 Å². The van der Waals surface area contributed by atoms with Crippen molar-refractivity contribution in [1.82, 2.24) is 0 Å². The average Bonchev–Trinajstić information content (AvgIpc) is 2.05. The summed E-state index contributed by atoms with van der Waals surface area (Å²) >= 11 is 0.826. The van der Waals surface area contributed by atoms with E-state index in [2.05, 4.69) is 0 Å². The second-order valence-electron chi connectivity index (χ2n) is 1.82. The molecule has 0 amide bonds. The first kappa shape index (κ1) is 7.55. The van der Waals surface area contributed by atoms with Gasteiger partial charge in [-0.1, -0.05) is 0 Å². The molecule has 49 valence electrons. The zero-order valence-corrected chi connectivity index (χ0v) is 8.80. The first-order valence-electron chi connectivity index (χ1n) is 2.93.